The van der Waals surface area contributed by atoms with E-state index < -0.39 is 6.04 Å². The smallest absolute Gasteiger partial charge is 0.247 e. The normalized spacial score (nSPS) is 15.8. The summed E-state index contributed by atoms with van der Waals surface area (Å²) in [5.74, 6) is -0.459. The average molecular weight is 236 g/mol. The van der Waals surface area contributed by atoms with Crippen LogP contribution < -0.4 is 5.32 Å². The summed E-state index contributed by atoms with van der Waals surface area (Å²) in [7, 11) is 3.17. The van der Waals surface area contributed by atoms with E-state index in [0.29, 0.717) is 0 Å². The van der Waals surface area contributed by atoms with Crippen LogP contribution in [0.15, 0.2) is 36.5 Å². The summed E-state index contributed by atoms with van der Waals surface area (Å²) in [5.41, 5.74) is 0.855. The highest BCUT2D eigenvalue weighted by Crippen LogP contribution is 2.17. The van der Waals surface area contributed by atoms with Crippen molar-refractivity contribution in [2.24, 2.45) is 0 Å². The molecule has 0 fully saturated rings. The van der Waals surface area contributed by atoms with Crippen molar-refractivity contribution in [2.45, 2.75) is 18.9 Å². The van der Waals surface area contributed by atoms with Crippen molar-refractivity contribution < 1.29 is 11.0 Å². The highest BCUT2D eigenvalue weighted by Gasteiger charge is 2.27. The molecule has 0 saturated heterocycles. The molecule has 2 amide bonds. The Morgan fingerprint density at radius 3 is 2.76 bits per heavy atom. The molecule has 0 unspecified atom stereocenters. The van der Waals surface area contributed by atoms with Gasteiger partial charge in [-0.2, -0.15) is 0 Å². The lowest BCUT2D eigenvalue weighted by molar-refractivity contribution is -0.134. The van der Waals surface area contributed by atoms with Gasteiger partial charge in [-0.15, -0.1) is 0 Å². The van der Waals surface area contributed by atoms with Crippen LogP contribution in [-0.4, -0.2) is 36.9 Å². The van der Waals surface area contributed by atoms with Gasteiger partial charge >= 0.3 is 0 Å². The molecule has 0 aromatic carbocycles. The minimum absolute atomic E-state index is 0. The second kappa shape index (κ2) is 6.03. The summed E-state index contributed by atoms with van der Waals surface area (Å²) in [5, 5.41) is 2.58. The maximum atomic E-state index is 11.9. The number of carbonyl (C=O) groups excluding carboxylic acids is 2. The number of hydrogen-bond acceptors (Lipinski definition) is 2. The number of likely N-dealkylation sites (N-methyl/N-ethyl adjacent to an activating group) is 2. The molecule has 1 atom stereocenters. The molecule has 4 nitrogen and oxygen atoms in total. The molecule has 1 aliphatic carbocycles. The lowest BCUT2D eigenvalue weighted by Crippen LogP contribution is -2.47. The Balaban J connectivity index is 0.00000289. The predicted molar refractivity (Wildman–Crippen MR) is 69.4 cm³/mol. The number of nitrogens with one attached hydrogen (secondary N) is 1. The SMILES string of the molecule is C=CC(=O)N(C)[C@H](C(=O)NC)C1=CCCC=C1.[HH]. The van der Waals surface area contributed by atoms with E-state index in [1.54, 1.807) is 14.1 Å². The van der Waals surface area contributed by atoms with Gasteiger partial charge in [0.05, 0.1) is 0 Å². The van der Waals surface area contributed by atoms with Gasteiger partial charge in [0.15, 0.2) is 0 Å². The molecule has 1 N–H and O–H groups in total. The lowest BCUT2D eigenvalue weighted by Gasteiger charge is -2.27. The van der Waals surface area contributed by atoms with E-state index in [4.69, 9.17) is 0 Å². The summed E-state index contributed by atoms with van der Waals surface area (Å²) in [6.07, 6.45) is 8.99. The number of nitrogens with zero attached hydrogens (tertiary/aromatic N) is 1. The second-order valence-electron chi connectivity index (χ2n) is 3.85. The highest BCUT2D eigenvalue weighted by atomic mass is 16.2. The maximum absolute atomic E-state index is 11.9. The summed E-state index contributed by atoms with van der Waals surface area (Å²) >= 11 is 0. The fourth-order valence-corrected chi connectivity index (χ4v) is 1.80. The summed E-state index contributed by atoms with van der Waals surface area (Å²) in [6, 6.07) is -0.581. The fourth-order valence-electron chi connectivity index (χ4n) is 1.80. The van der Waals surface area contributed by atoms with Crippen LogP contribution in [0, 0.1) is 0 Å². The van der Waals surface area contributed by atoms with Gasteiger partial charge in [0.2, 0.25) is 11.8 Å². The summed E-state index contributed by atoms with van der Waals surface area (Å²) in [4.78, 5) is 24.8. The van der Waals surface area contributed by atoms with Gasteiger partial charge in [0.1, 0.15) is 6.04 Å². The van der Waals surface area contributed by atoms with Crippen molar-refractivity contribution in [3.63, 3.8) is 0 Å². The molecule has 0 spiro atoms. The molecular formula is C13H20N2O2. The summed E-state index contributed by atoms with van der Waals surface area (Å²) in [6.45, 7) is 3.43. The van der Waals surface area contributed by atoms with Gasteiger partial charge in [-0.3, -0.25) is 9.59 Å². The third-order valence-electron chi connectivity index (χ3n) is 2.74. The minimum atomic E-state index is -0.581. The number of rotatable bonds is 4. The van der Waals surface area contributed by atoms with Crippen LogP contribution in [0.3, 0.4) is 0 Å². The molecule has 94 valence electrons. The zero-order chi connectivity index (χ0) is 12.8. The molecule has 0 aromatic rings. The van der Waals surface area contributed by atoms with Crippen molar-refractivity contribution >= 4 is 11.8 Å². The topological polar surface area (TPSA) is 49.4 Å². The molecule has 0 bridgehead atoms. The molecular weight excluding hydrogens is 216 g/mol. The van der Waals surface area contributed by atoms with Crippen molar-refractivity contribution in [1.29, 1.82) is 0 Å². The second-order valence-corrected chi connectivity index (χ2v) is 3.85. The first-order valence-corrected chi connectivity index (χ1v) is 5.59. The van der Waals surface area contributed by atoms with Crippen molar-refractivity contribution in [1.82, 2.24) is 10.2 Å². The molecule has 0 aliphatic heterocycles. The van der Waals surface area contributed by atoms with Crippen LogP contribution in [0.4, 0.5) is 0 Å². The third kappa shape index (κ3) is 3.06. The Kier molecular flexibility index (Phi) is 4.69. The Morgan fingerprint density at radius 2 is 2.29 bits per heavy atom. The van der Waals surface area contributed by atoms with Crippen LogP contribution in [0.1, 0.15) is 14.3 Å². The number of hydrogen-bond donors (Lipinski definition) is 1. The zero-order valence-corrected chi connectivity index (χ0v) is 10.3. The van der Waals surface area contributed by atoms with Gasteiger partial charge < -0.3 is 10.2 Å². The van der Waals surface area contributed by atoms with Crippen LogP contribution in [-0.2, 0) is 9.59 Å². The molecule has 1 rings (SSSR count). The van der Waals surface area contributed by atoms with Gasteiger partial charge in [0, 0.05) is 15.5 Å². The van der Waals surface area contributed by atoms with Gasteiger partial charge in [-0.25, -0.2) is 0 Å². The van der Waals surface area contributed by atoms with Crippen LogP contribution in [0.25, 0.3) is 0 Å². The number of allylic oxidation sites excluding steroid dienone is 2. The van der Waals surface area contributed by atoms with E-state index in [9.17, 15) is 9.59 Å². The van der Waals surface area contributed by atoms with Crippen LogP contribution in [0.5, 0.6) is 0 Å². The first-order chi connectivity index (χ1) is 8.11. The molecule has 17 heavy (non-hydrogen) atoms. The quantitative estimate of drug-likeness (QED) is 0.747. The highest BCUT2D eigenvalue weighted by molar-refractivity contribution is 5.94. The van der Waals surface area contributed by atoms with Gasteiger partial charge in [0.25, 0.3) is 0 Å². The van der Waals surface area contributed by atoms with E-state index in [0.717, 1.165) is 18.4 Å². The molecule has 0 radical (unpaired) electrons. The maximum Gasteiger partial charge on any atom is 0.247 e. The molecule has 0 aromatic heterocycles. The Hall–Kier alpha value is -1.84. The van der Waals surface area contributed by atoms with E-state index >= 15 is 0 Å². The molecule has 0 saturated carbocycles. The fraction of sp³-hybridized carbons (Fsp3) is 0.385. The van der Waals surface area contributed by atoms with E-state index in [2.05, 4.69) is 11.9 Å². The van der Waals surface area contributed by atoms with E-state index in [-0.39, 0.29) is 13.2 Å². The van der Waals surface area contributed by atoms with Gasteiger partial charge in [-0.05, 0) is 24.5 Å². The third-order valence-corrected chi connectivity index (χ3v) is 2.74. The monoisotopic (exact) mass is 236 g/mol. The molecule has 4 heteroatoms. The lowest BCUT2D eigenvalue weighted by atomic mass is 9.98. The van der Waals surface area contributed by atoms with Crippen molar-refractivity contribution in [2.75, 3.05) is 14.1 Å². The van der Waals surface area contributed by atoms with Crippen molar-refractivity contribution in [3.05, 3.63) is 36.5 Å². The Bertz CT molecular complexity index is 388. The number of amides is 2. The first-order valence-electron chi connectivity index (χ1n) is 5.59. The minimum Gasteiger partial charge on any atom is -0.357 e. The van der Waals surface area contributed by atoms with Crippen LogP contribution >= 0.6 is 0 Å². The first kappa shape index (κ1) is 13.2. The van der Waals surface area contributed by atoms with E-state index in [1.807, 2.05) is 18.2 Å². The Labute approximate surface area is 103 Å². The Morgan fingerprint density at radius 1 is 1.59 bits per heavy atom. The standard InChI is InChI=1S/C13H18N2O2.H2/c1-4-11(16)15(3)12(13(17)14-2)10-8-6-5-7-9-10;/h4,6,8-9,12H,1,5,7H2,2-3H3,(H,14,17);1H/t12-;/m0./s1. The number of carbonyl (C=O) groups is 2. The van der Waals surface area contributed by atoms with Crippen LogP contribution in [0.2, 0.25) is 0 Å². The largest absolute Gasteiger partial charge is 0.357 e. The zero-order valence-electron chi connectivity index (χ0n) is 10.3. The van der Waals surface area contributed by atoms with E-state index in [1.165, 1.54) is 11.0 Å². The summed E-state index contributed by atoms with van der Waals surface area (Å²) < 4.78 is 0. The average Bonchev–Trinajstić information content (AvgIpc) is 2.38. The van der Waals surface area contributed by atoms with Crippen molar-refractivity contribution in [3.8, 4) is 0 Å². The van der Waals surface area contributed by atoms with Gasteiger partial charge in [-0.1, -0.05) is 24.8 Å². The molecule has 0 heterocycles. The predicted octanol–water partition coefficient (Wildman–Crippen LogP) is 1.27. The molecule has 1 aliphatic rings.